The molecule has 100 valence electrons. The van der Waals surface area contributed by atoms with E-state index in [0.29, 0.717) is 0 Å². The molecule has 1 aliphatic heterocycles. The Hall–Kier alpha value is -1.22. The normalized spacial score (nSPS) is 20.9. The van der Waals surface area contributed by atoms with Crippen LogP contribution < -0.4 is 10.5 Å². The molecule has 0 spiro atoms. The van der Waals surface area contributed by atoms with Gasteiger partial charge in [0.2, 0.25) is 0 Å². The molecule has 2 N–H and O–H groups in total. The van der Waals surface area contributed by atoms with Gasteiger partial charge >= 0.3 is 0 Å². The van der Waals surface area contributed by atoms with Crippen molar-refractivity contribution in [1.82, 2.24) is 4.90 Å². The molecule has 3 heteroatoms. The van der Waals surface area contributed by atoms with Crippen molar-refractivity contribution in [3.8, 4) is 5.75 Å². The third-order valence-electron chi connectivity index (χ3n) is 3.93. The van der Waals surface area contributed by atoms with Crippen LogP contribution in [0.2, 0.25) is 0 Å². The van der Waals surface area contributed by atoms with Crippen LogP contribution in [0.4, 0.5) is 5.69 Å². The summed E-state index contributed by atoms with van der Waals surface area (Å²) >= 11 is 0. The van der Waals surface area contributed by atoms with Crippen LogP contribution in [0, 0.1) is 5.92 Å². The summed E-state index contributed by atoms with van der Waals surface area (Å²) in [7, 11) is 1.67. The van der Waals surface area contributed by atoms with E-state index in [1.165, 1.54) is 37.9 Å². The van der Waals surface area contributed by atoms with Crippen LogP contribution in [0.15, 0.2) is 18.2 Å². The molecule has 0 saturated carbocycles. The average Bonchev–Trinajstić information content (AvgIpc) is 2.41. The summed E-state index contributed by atoms with van der Waals surface area (Å²) in [5, 5.41) is 0. The molecule has 1 saturated heterocycles. The molecule has 0 amide bonds. The first-order valence-electron chi connectivity index (χ1n) is 6.87. The second kappa shape index (κ2) is 6.10. The van der Waals surface area contributed by atoms with Gasteiger partial charge < -0.3 is 10.5 Å². The van der Waals surface area contributed by atoms with Crippen molar-refractivity contribution in [2.45, 2.75) is 32.7 Å². The summed E-state index contributed by atoms with van der Waals surface area (Å²) in [5.74, 6) is 1.69. The van der Waals surface area contributed by atoms with Crippen LogP contribution in [-0.2, 0) is 6.54 Å². The molecule has 3 nitrogen and oxygen atoms in total. The maximum absolute atomic E-state index is 6.07. The van der Waals surface area contributed by atoms with Gasteiger partial charge in [-0.25, -0.2) is 0 Å². The van der Waals surface area contributed by atoms with Gasteiger partial charge in [-0.1, -0.05) is 19.4 Å². The van der Waals surface area contributed by atoms with E-state index in [0.717, 1.165) is 23.9 Å². The molecule has 0 bridgehead atoms. The minimum absolute atomic E-state index is 0.835. The van der Waals surface area contributed by atoms with E-state index < -0.39 is 0 Å². The highest BCUT2D eigenvalue weighted by molar-refractivity contribution is 5.51. The van der Waals surface area contributed by atoms with Crippen LogP contribution in [0.1, 0.15) is 31.7 Å². The number of hydrogen-bond acceptors (Lipinski definition) is 3. The Labute approximate surface area is 110 Å². The largest absolute Gasteiger partial charge is 0.497 e. The number of likely N-dealkylation sites (tertiary alicyclic amines) is 1. The third-order valence-corrected chi connectivity index (χ3v) is 3.93. The fourth-order valence-electron chi connectivity index (χ4n) is 2.71. The monoisotopic (exact) mass is 248 g/mol. The molecule has 1 atom stereocenters. The molecule has 2 rings (SSSR count). The van der Waals surface area contributed by atoms with Gasteiger partial charge in [0.25, 0.3) is 0 Å². The number of methoxy groups -OCH3 is 1. The Kier molecular flexibility index (Phi) is 4.48. The average molecular weight is 248 g/mol. The second-order valence-electron chi connectivity index (χ2n) is 5.22. The number of ether oxygens (including phenoxy) is 1. The van der Waals surface area contributed by atoms with Gasteiger partial charge in [-0.15, -0.1) is 0 Å². The van der Waals surface area contributed by atoms with Crippen LogP contribution >= 0.6 is 0 Å². The van der Waals surface area contributed by atoms with Crippen molar-refractivity contribution in [3.63, 3.8) is 0 Å². The quantitative estimate of drug-likeness (QED) is 0.833. The summed E-state index contributed by atoms with van der Waals surface area (Å²) in [6.07, 6.45) is 3.98. The molecule has 1 aliphatic rings. The first kappa shape index (κ1) is 13.2. The highest BCUT2D eigenvalue weighted by atomic mass is 16.5. The lowest BCUT2D eigenvalue weighted by atomic mass is 9.95. The number of nitrogen functional groups attached to an aromatic ring is 1. The third kappa shape index (κ3) is 3.16. The van der Waals surface area contributed by atoms with Crippen LogP contribution in [0.25, 0.3) is 0 Å². The number of nitrogens with two attached hydrogens (primary N) is 1. The lowest BCUT2D eigenvalue weighted by Crippen LogP contribution is -2.34. The zero-order valence-electron chi connectivity index (χ0n) is 11.5. The molecule has 18 heavy (non-hydrogen) atoms. The zero-order valence-corrected chi connectivity index (χ0v) is 11.5. The first-order chi connectivity index (χ1) is 8.72. The Morgan fingerprint density at radius 3 is 2.94 bits per heavy atom. The predicted molar refractivity (Wildman–Crippen MR) is 75.7 cm³/mol. The summed E-state index contributed by atoms with van der Waals surface area (Å²) < 4.78 is 5.18. The summed E-state index contributed by atoms with van der Waals surface area (Å²) in [6.45, 7) is 5.66. The fourth-order valence-corrected chi connectivity index (χ4v) is 2.71. The van der Waals surface area contributed by atoms with Crippen molar-refractivity contribution in [2.24, 2.45) is 5.92 Å². The highest BCUT2D eigenvalue weighted by Crippen LogP contribution is 2.24. The number of nitrogens with zero attached hydrogens (tertiary/aromatic N) is 1. The molecule has 0 aliphatic carbocycles. The van der Waals surface area contributed by atoms with Gasteiger partial charge in [-0.2, -0.15) is 0 Å². The maximum Gasteiger partial charge on any atom is 0.120 e. The molecule has 1 unspecified atom stereocenters. The number of piperidine rings is 1. The van der Waals surface area contributed by atoms with E-state index in [1.54, 1.807) is 7.11 Å². The molecule has 1 fully saturated rings. The van der Waals surface area contributed by atoms with Crippen molar-refractivity contribution in [2.75, 3.05) is 25.9 Å². The topological polar surface area (TPSA) is 38.5 Å². The predicted octanol–water partition coefficient (Wildman–Crippen LogP) is 2.90. The van der Waals surface area contributed by atoms with Gasteiger partial charge in [0.1, 0.15) is 5.75 Å². The lowest BCUT2D eigenvalue weighted by Gasteiger charge is -2.32. The van der Waals surface area contributed by atoms with Crippen molar-refractivity contribution < 1.29 is 4.74 Å². The van der Waals surface area contributed by atoms with E-state index in [4.69, 9.17) is 10.5 Å². The number of hydrogen-bond donors (Lipinski definition) is 1. The standard InChI is InChI=1S/C15H24N2O/c1-3-12-5-4-8-17(10-12)11-13-6-7-14(18-2)9-15(13)16/h6-7,9,12H,3-5,8,10-11,16H2,1-2H3. The van der Waals surface area contributed by atoms with Gasteiger partial charge in [-0.05, 0) is 36.9 Å². The van der Waals surface area contributed by atoms with Crippen LogP contribution in [0.5, 0.6) is 5.75 Å². The van der Waals surface area contributed by atoms with E-state index in [2.05, 4.69) is 17.9 Å². The van der Waals surface area contributed by atoms with Gasteiger partial charge in [0, 0.05) is 24.8 Å². The first-order valence-corrected chi connectivity index (χ1v) is 6.87. The lowest BCUT2D eigenvalue weighted by molar-refractivity contribution is 0.165. The van der Waals surface area contributed by atoms with Gasteiger partial charge in [0.05, 0.1) is 7.11 Å². The minimum atomic E-state index is 0.835. The maximum atomic E-state index is 6.07. The highest BCUT2D eigenvalue weighted by Gasteiger charge is 2.18. The Balaban J connectivity index is 2.00. The fraction of sp³-hybridized carbons (Fsp3) is 0.600. The Bertz CT molecular complexity index is 392. The van der Waals surface area contributed by atoms with E-state index in [1.807, 2.05) is 12.1 Å². The molecule has 1 heterocycles. The number of anilines is 1. The smallest absolute Gasteiger partial charge is 0.120 e. The summed E-state index contributed by atoms with van der Waals surface area (Å²) in [6, 6.07) is 5.99. The van der Waals surface area contributed by atoms with E-state index in [-0.39, 0.29) is 0 Å². The molecular formula is C15H24N2O. The second-order valence-corrected chi connectivity index (χ2v) is 5.22. The molecule has 0 aromatic heterocycles. The Morgan fingerprint density at radius 2 is 2.28 bits per heavy atom. The van der Waals surface area contributed by atoms with Crippen LogP contribution in [-0.4, -0.2) is 25.1 Å². The molecule has 0 radical (unpaired) electrons. The molecule has 1 aromatic carbocycles. The molecular weight excluding hydrogens is 224 g/mol. The minimum Gasteiger partial charge on any atom is -0.497 e. The van der Waals surface area contributed by atoms with Gasteiger partial charge in [-0.3, -0.25) is 4.90 Å². The van der Waals surface area contributed by atoms with Crippen molar-refractivity contribution >= 4 is 5.69 Å². The summed E-state index contributed by atoms with van der Waals surface area (Å²) in [5.41, 5.74) is 8.13. The number of benzene rings is 1. The summed E-state index contributed by atoms with van der Waals surface area (Å²) in [4.78, 5) is 2.52. The molecule has 1 aromatic rings. The van der Waals surface area contributed by atoms with Crippen LogP contribution in [0.3, 0.4) is 0 Å². The Morgan fingerprint density at radius 1 is 1.44 bits per heavy atom. The zero-order chi connectivity index (χ0) is 13.0. The SMILES string of the molecule is CCC1CCCN(Cc2ccc(OC)cc2N)C1. The van der Waals surface area contributed by atoms with Crippen molar-refractivity contribution in [3.05, 3.63) is 23.8 Å². The number of rotatable bonds is 4. The van der Waals surface area contributed by atoms with Gasteiger partial charge in [0.15, 0.2) is 0 Å². The van der Waals surface area contributed by atoms with E-state index >= 15 is 0 Å². The van der Waals surface area contributed by atoms with E-state index in [9.17, 15) is 0 Å². The van der Waals surface area contributed by atoms with Crippen molar-refractivity contribution in [1.29, 1.82) is 0 Å².